The highest BCUT2D eigenvalue weighted by Gasteiger charge is 2.15. The first kappa shape index (κ1) is 20.2. The van der Waals surface area contributed by atoms with Gasteiger partial charge in [0, 0.05) is 17.2 Å². The van der Waals surface area contributed by atoms with Crippen molar-refractivity contribution in [1.82, 2.24) is 0 Å². The number of rotatable bonds is 9. The fourth-order valence-corrected chi connectivity index (χ4v) is 2.47. The molecule has 1 unspecified atom stereocenters. The average molecular weight is 368 g/mol. The molecule has 142 valence electrons. The van der Waals surface area contributed by atoms with E-state index >= 15 is 0 Å². The van der Waals surface area contributed by atoms with Gasteiger partial charge in [0.2, 0.25) is 0 Å². The Hall–Kier alpha value is -3.08. The summed E-state index contributed by atoms with van der Waals surface area (Å²) in [6, 6.07) is 13.4. The monoisotopic (exact) mass is 368 g/mol. The van der Waals surface area contributed by atoms with Crippen molar-refractivity contribution in [3.63, 3.8) is 0 Å². The average Bonchev–Trinajstić information content (AvgIpc) is 2.65. The summed E-state index contributed by atoms with van der Waals surface area (Å²) in [6.45, 7) is 7.32. The molecule has 0 saturated heterocycles. The fraction of sp³-hybridized carbons (Fsp3) is 0.273. The molecule has 2 aromatic rings. The lowest BCUT2D eigenvalue weighted by molar-refractivity contribution is -0.139. The Morgan fingerprint density at radius 3 is 2.48 bits per heavy atom. The van der Waals surface area contributed by atoms with Gasteiger partial charge in [-0.25, -0.2) is 4.79 Å². The van der Waals surface area contributed by atoms with Gasteiger partial charge in [-0.2, -0.15) is 0 Å². The van der Waals surface area contributed by atoms with E-state index in [-0.39, 0.29) is 23.2 Å². The molecule has 1 atom stereocenters. The van der Waals surface area contributed by atoms with Gasteiger partial charge in [0.05, 0.1) is 18.3 Å². The van der Waals surface area contributed by atoms with Crippen molar-refractivity contribution >= 4 is 11.8 Å². The highest BCUT2D eigenvalue weighted by Crippen LogP contribution is 2.27. The zero-order valence-electron chi connectivity index (χ0n) is 15.6. The second kappa shape index (κ2) is 9.57. The first-order chi connectivity index (χ1) is 12.9. The van der Waals surface area contributed by atoms with Crippen LogP contribution in [0.1, 0.15) is 42.6 Å². The summed E-state index contributed by atoms with van der Waals surface area (Å²) in [5.74, 6) is -0.285. The molecule has 0 saturated carbocycles. The smallest absolute Gasteiger partial charge is 0.333 e. The standard InChI is InChI=1S/C22H24O5/c1-15(2)22(25)26-13-7-8-16(3)27-18-11-12-19(20(23)14-18)21(24)17-9-5-4-6-10-17/h4-6,9-12,14,16,23H,1,7-8,13H2,2-3H3. The Morgan fingerprint density at radius 2 is 1.85 bits per heavy atom. The normalized spacial score (nSPS) is 11.5. The molecule has 0 amide bonds. The van der Waals surface area contributed by atoms with E-state index in [1.54, 1.807) is 43.3 Å². The topological polar surface area (TPSA) is 72.8 Å². The molecule has 0 fully saturated rings. The third kappa shape index (κ3) is 5.99. The molecule has 0 spiro atoms. The van der Waals surface area contributed by atoms with Crippen LogP contribution in [0, 0.1) is 0 Å². The van der Waals surface area contributed by atoms with Crippen LogP contribution in [0.5, 0.6) is 11.5 Å². The van der Waals surface area contributed by atoms with Gasteiger partial charge in [-0.1, -0.05) is 36.9 Å². The zero-order valence-corrected chi connectivity index (χ0v) is 15.6. The van der Waals surface area contributed by atoms with E-state index in [0.29, 0.717) is 36.3 Å². The van der Waals surface area contributed by atoms with Crippen molar-refractivity contribution in [2.24, 2.45) is 0 Å². The van der Waals surface area contributed by atoms with Crippen molar-refractivity contribution in [3.05, 3.63) is 71.8 Å². The molecule has 5 heteroatoms. The van der Waals surface area contributed by atoms with Crippen LogP contribution < -0.4 is 4.74 Å². The number of benzene rings is 2. The number of phenolic OH excluding ortho intramolecular Hbond substituents is 1. The number of ether oxygens (including phenoxy) is 2. The third-order valence-electron chi connectivity index (χ3n) is 3.92. The van der Waals surface area contributed by atoms with E-state index < -0.39 is 5.97 Å². The maximum Gasteiger partial charge on any atom is 0.333 e. The van der Waals surface area contributed by atoms with Crippen LogP contribution >= 0.6 is 0 Å². The van der Waals surface area contributed by atoms with E-state index in [9.17, 15) is 14.7 Å². The van der Waals surface area contributed by atoms with Crippen LogP contribution in [0.15, 0.2) is 60.7 Å². The molecule has 0 aromatic heterocycles. The number of carbonyl (C=O) groups excluding carboxylic acids is 2. The van der Waals surface area contributed by atoms with Gasteiger partial charge in [-0.05, 0) is 38.8 Å². The predicted molar refractivity (Wildman–Crippen MR) is 103 cm³/mol. The van der Waals surface area contributed by atoms with Crippen molar-refractivity contribution in [1.29, 1.82) is 0 Å². The van der Waals surface area contributed by atoms with Crippen LogP contribution in [0.4, 0.5) is 0 Å². The Morgan fingerprint density at radius 1 is 1.15 bits per heavy atom. The lowest BCUT2D eigenvalue weighted by Crippen LogP contribution is -2.14. The van der Waals surface area contributed by atoms with Crippen molar-refractivity contribution in [3.8, 4) is 11.5 Å². The Labute approximate surface area is 159 Å². The maximum absolute atomic E-state index is 12.4. The summed E-state index contributed by atoms with van der Waals surface area (Å²) >= 11 is 0. The molecule has 0 heterocycles. The number of hydrogen-bond acceptors (Lipinski definition) is 5. The predicted octanol–water partition coefficient (Wildman–Crippen LogP) is 4.29. The van der Waals surface area contributed by atoms with Gasteiger partial charge in [0.1, 0.15) is 11.5 Å². The first-order valence-electron chi connectivity index (χ1n) is 8.80. The third-order valence-corrected chi connectivity index (χ3v) is 3.92. The molecule has 5 nitrogen and oxygen atoms in total. The first-order valence-corrected chi connectivity index (χ1v) is 8.80. The Balaban J connectivity index is 1.89. The minimum atomic E-state index is -0.396. The molecule has 2 aromatic carbocycles. The number of hydrogen-bond donors (Lipinski definition) is 1. The van der Waals surface area contributed by atoms with Gasteiger partial charge in [0.25, 0.3) is 0 Å². The maximum atomic E-state index is 12.4. The van der Waals surface area contributed by atoms with E-state index in [1.807, 2.05) is 13.0 Å². The number of aromatic hydroxyl groups is 1. The summed E-state index contributed by atoms with van der Waals surface area (Å²) in [6.07, 6.45) is 1.19. The number of phenols is 1. The zero-order chi connectivity index (χ0) is 19.8. The van der Waals surface area contributed by atoms with E-state index in [4.69, 9.17) is 9.47 Å². The highest BCUT2D eigenvalue weighted by atomic mass is 16.5. The van der Waals surface area contributed by atoms with Gasteiger partial charge >= 0.3 is 5.97 Å². The lowest BCUT2D eigenvalue weighted by atomic mass is 10.0. The summed E-state index contributed by atoms with van der Waals surface area (Å²) in [7, 11) is 0. The van der Waals surface area contributed by atoms with Crippen LogP contribution in [-0.4, -0.2) is 29.6 Å². The second-order valence-corrected chi connectivity index (χ2v) is 6.36. The van der Waals surface area contributed by atoms with Gasteiger partial charge in [0.15, 0.2) is 5.78 Å². The van der Waals surface area contributed by atoms with Crippen LogP contribution in [0.2, 0.25) is 0 Å². The molecule has 27 heavy (non-hydrogen) atoms. The summed E-state index contributed by atoms with van der Waals surface area (Å²) in [5.41, 5.74) is 1.12. The number of carbonyl (C=O) groups is 2. The molecule has 0 aliphatic carbocycles. The Bertz CT molecular complexity index is 811. The van der Waals surface area contributed by atoms with Crippen molar-refractivity contribution in [2.75, 3.05) is 6.61 Å². The quantitative estimate of drug-likeness (QED) is 0.309. The van der Waals surface area contributed by atoms with E-state index in [2.05, 4.69) is 6.58 Å². The summed E-state index contributed by atoms with van der Waals surface area (Å²) in [4.78, 5) is 23.7. The van der Waals surface area contributed by atoms with E-state index in [0.717, 1.165) is 0 Å². The molecule has 0 radical (unpaired) electrons. The summed E-state index contributed by atoms with van der Waals surface area (Å²) < 4.78 is 10.8. The fourth-order valence-electron chi connectivity index (χ4n) is 2.47. The van der Waals surface area contributed by atoms with Gasteiger partial charge < -0.3 is 14.6 Å². The Kier molecular flexibility index (Phi) is 7.17. The van der Waals surface area contributed by atoms with Crippen molar-refractivity contribution in [2.45, 2.75) is 32.8 Å². The largest absolute Gasteiger partial charge is 0.507 e. The van der Waals surface area contributed by atoms with E-state index in [1.165, 1.54) is 6.07 Å². The number of ketones is 1. The van der Waals surface area contributed by atoms with Gasteiger partial charge in [-0.3, -0.25) is 4.79 Å². The van der Waals surface area contributed by atoms with Gasteiger partial charge in [-0.15, -0.1) is 0 Å². The molecule has 2 rings (SSSR count). The number of esters is 1. The lowest BCUT2D eigenvalue weighted by Gasteiger charge is -2.15. The molecule has 0 aliphatic heterocycles. The van der Waals surface area contributed by atoms with Crippen LogP contribution in [-0.2, 0) is 9.53 Å². The molecular formula is C22H24O5. The summed E-state index contributed by atoms with van der Waals surface area (Å²) in [5, 5.41) is 10.2. The SMILES string of the molecule is C=C(C)C(=O)OCCCC(C)Oc1ccc(C(=O)c2ccccc2)c(O)c1. The van der Waals surface area contributed by atoms with Crippen molar-refractivity contribution < 1.29 is 24.2 Å². The highest BCUT2D eigenvalue weighted by molar-refractivity contribution is 6.10. The molecule has 1 N–H and O–H groups in total. The van der Waals surface area contributed by atoms with Crippen LogP contribution in [0.25, 0.3) is 0 Å². The molecular weight excluding hydrogens is 344 g/mol. The van der Waals surface area contributed by atoms with Crippen LogP contribution in [0.3, 0.4) is 0 Å². The minimum absolute atomic E-state index is 0.121. The second-order valence-electron chi connectivity index (χ2n) is 6.36. The minimum Gasteiger partial charge on any atom is -0.507 e. The molecule has 0 aliphatic rings. The molecule has 0 bridgehead atoms.